The Morgan fingerprint density at radius 3 is 2.68 bits per heavy atom. The molecule has 1 fully saturated rings. The number of carbonyl (C=O) groups is 2. The molecule has 1 saturated heterocycles. The van der Waals surface area contributed by atoms with Gasteiger partial charge in [0.05, 0.1) is 28.3 Å². The number of amides is 1. The van der Waals surface area contributed by atoms with Crippen molar-refractivity contribution in [3.05, 3.63) is 46.8 Å². The summed E-state index contributed by atoms with van der Waals surface area (Å²) >= 11 is 0. The Balaban J connectivity index is 1.56. The molecule has 1 aromatic heterocycles. The number of carbonyl (C=O) groups excluding carboxylic acids is 2. The second kappa shape index (κ2) is 9.51. The molecule has 0 radical (unpaired) electrons. The van der Waals surface area contributed by atoms with Crippen LogP contribution >= 0.6 is 0 Å². The van der Waals surface area contributed by atoms with Crippen molar-refractivity contribution >= 4 is 21.7 Å². The normalized spacial score (nSPS) is 17.3. The van der Waals surface area contributed by atoms with Gasteiger partial charge in [0.25, 0.3) is 5.91 Å². The summed E-state index contributed by atoms with van der Waals surface area (Å²) in [5.41, 5.74) is 1.82. The number of aryl methyl sites for hydroxylation is 2. The van der Waals surface area contributed by atoms with E-state index >= 15 is 0 Å². The fraction of sp³-hybridized carbons (Fsp3) is 0.476. The molecular weight excluding hydrogens is 424 g/mol. The van der Waals surface area contributed by atoms with Crippen LogP contribution in [0.1, 0.15) is 40.7 Å². The van der Waals surface area contributed by atoms with Crippen LogP contribution in [0.2, 0.25) is 0 Å². The largest absolute Gasteiger partial charge is 0.489 e. The fourth-order valence-corrected chi connectivity index (χ4v) is 5.26. The Hall–Kier alpha value is -2.88. The van der Waals surface area contributed by atoms with Crippen LogP contribution in [0.3, 0.4) is 0 Å². The van der Waals surface area contributed by atoms with Crippen LogP contribution in [-0.2, 0) is 26.0 Å². The standard InChI is InChI=1S/C21H26N2O7S/c1-4-23(17-8-9-31(26,27)13-17)20(24)12-29-21(25)16-6-5-7-18(10-16)28-11-19-14(2)22-30-15(19)3/h5-7,10,17H,4,8-9,11-13H2,1-3H3/t17-/m0/s1. The van der Waals surface area contributed by atoms with Crippen LogP contribution in [0, 0.1) is 13.8 Å². The van der Waals surface area contributed by atoms with E-state index in [2.05, 4.69) is 5.16 Å². The topological polar surface area (TPSA) is 116 Å². The van der Waals surface area contributed by atoms with Gasteiger partial charge in [-0.2, -0.15) is 0 Å². The van der Waals surface area contributed by atoms with Crippen molar-refractivity contribution in [2.24, 2.45) is 0 Å². The number of likely N-dealkylation sites (N-methyl/N-ethyl adjacent to an activating group) is 1. The molecule has 1 amide bonds. The van der Waals surface area contributed by atoms with Crippen molar-refractivity contribution in [3.8, 4) is 5.75 Å². The molecule has 1 aliphatic heterocycles. The SMILES string of the molecule is CCN(C(=O)COC(=O)c1cccc(OCc2c(C)noc2C)c1)[C@H]1CCS(=O)(=O)C1. The molecule has 168 valence electrons. The molecule has 1 atom stereocenters. The number of esters is 1. The molecule has 31 heavy (non-hydrogen) atoms. The first-order chi connectivity index (χ1) is 14.7. The zero-order chi connectivity index (χ0) is 22.6. The van der Waals surface area contributed by atoms with Gasteiger partial charge in [-0.05, 0) is 45.4 Å². The van der Waals surface area contributed by atoms with Gasteiger partial charge in [-0.15, -0.1) is 0 Å². The summed E-state index contributed by atoms with van der Waals surface area (Å²) in [6, 6.07) is 6.09. The third-order valence-corrected chi connectivity index (χ3v) is 7.02. The zero-order valence-electron chi connectivity index (χ0n) is 17.8. The number of hydrogen-bond donors (Lipinski definition) is 0. The third-order valence-electron chi connectivity index (χ3n) is 5.27. The summed E-state index contributed by atoms with van der Waals surface area (Å²) in [5, 5.41) is 3.87. The predicted octanol–water partition coefficient (Wildman–Crippen LogP) is 2.06. The molecule has 0 bridgehead atoms. The Kier molecular flexibility index (Phi) is 6.99. The minimum Gasteiger partial charge on any atom is -0.489 e. The van der Waals surface area contributed by atoms with E-state index in [1.165, 1.54) is 11.0 Å². The highest BCUT2D eigenvalue weighted by atomic mass is 32.2. The second-order valence-electron chi connectivity index (χ2n) is 7.43. The lowest BCUT2D eigenvalue weighted by Gasteiger charge is -2.26. The summed E-state index contributed by atoms with van der Waals surface area (Å²) < 4.78 is 39.4. The van der Waals surface area contributed by atoms with Gasteiger partial charge in [0.15, 0.2) is 16.4 Å². The van der Waals surface area contributed by atoms with Crippen molar-refractivity contribution < 1.29 is 32.0 Å². The minimum atomic E-state index is -3.12. The number of nitrogens with zero attached hydrogens (tertiary/aromatic N) is 2. The van der Waals surface area contributed by atoms with E-state index in [4.69, 9.17) is 14.0 Å². The van der Waals surface area contributed by atoms with Gasteiger partial charge >= 0.3 is 5.97 Å². The van der Waals surface area contributed by atoms with Gasteiger partial charge in [0.1, 0.15) is 18.1 Å². The van der Waals surface area contributed by atoms with Gasteiger partial charge in [-0.3, -0.25) is 4.79 Å². The Morgan fingerprint density at radius 1 is 1.29 bits per heavy atom. The first-order valence-corrected chi connectivity index (χ1v) is 11.8. The van der Waals surface area contributed by atoms with Crippen LogP contribution < -0.4 is 4.74 Å². The van der Waals surface area contributed by atoms with E-state index in [1.807, 2.05) is 6.92 Å². The van der Waals surface area contributed by atoms with E-state index in [9.17, 15) is 18.0 Å². The predicted molar refractivity (Wildman–Crippen MR) is 111 cm³/mol. The molecule has 3 rings (SSSR count). The molecule has 0 saturated carbocycles. The molecule has 2 heterocycles. The second-order valence-corrected chi connectivity index (χ2v) is 9.66. The first-order valence-electron chi connectivity index (χ1n) is 10.0. The van der Waals surface area contributed by atoms with Crippen LogP contribution in [0.5, 0.6) is 5.75 Å². The van der Waals surface area contributed by atoms with Crippen LogP contribution in [0.4, 0.5) is 0 Å². The lowest BCUT2D eigenvalue weighted by atomic mass is 10.2. The van der Waals surface area contributed by atoms with E-state index in [0.29, 0.717) is 24.5 Å². The van der Waals surface area contributed by atoms with E-state index in [0.717, 1.165) is 11.3 Å². The lowest BCUT2D eigenvalue weighted by molar-refractivity contribution is -0.136. The van der Waals surface area contributed by atoms with E-state index in [-0.39, 0.29) is 29.7 Å². The number of sulfone groups is 1. The van der Waals surface area contributed by atoms with Crippen LogP contribution in [0.15, 0.2) is 28.8 Å². The van der Waals surface area contributed by atoms with Gasteiger partial charge in [0.2, 0.25) is 0 Å². The average Bonchev–Trinajstić information content (AvgIpc) is 3.26. The van der Waals surface area contributed by atoms with Crippen molar-refractivity contribution in [2.75, 3.05) is 24.7 Å². The summed E-state index contributed by atoms with van der Waals surface area (Å²) in [6.07, 6.45) is 0.403. The van der Waals surface area contributed by atoms with Crippen molar-refractivity contribution in [3.63, 3.8) is 0 Å². The minimum absolute atomic E-state index is 0.0506. The Morgan fingerprint density at radius 2 is 2.06 bits per heavy atom. The smallest absolute Gasteiger partial charge is 0.338 e. The summed E-state index contributed by atoms with van der Waals surface area (Å²) in [5.74, 6) is 0.0803. The van der Waals surface area contributed by atoms with Crippen molar-refractivity contribution in [1.82, 2.24) is 10.1 Å². The fourth-order valence-electron chi connectivity index (χ4n) is 3.53. The van der Waals surface area contributed by atoms with Gasteiger partial charge in [-0.1, -0.05) is 11.2 Å². The molecular formula is C21H26N2O7S. The number of rotatable bonds is 8. The highest BCUT2D eigenvalue weighted by Crippen LogP contribution is 2.20. The van der Waals surface area contributed by atoms with Crippen LogP contribution in [0.25, 0.3) is 0 Å². The molecule has 0 N–H and O–H groups in total. The molecule has 10 heteroatoms. The zero-order valence-corrected chi connectivity index (χ0v) is 18.6. The molecule has 1 aromatic carbocycles. The highest BCUT2D eigenvalue weighted by Gasteiger charge is 2.34. The van der Waals surface area contributed by atoms with Crippen molar-refractivity contribution in [1.29, 1.82) is 0 Å². The molecule has 1 aliphatic rings. The van der Waals surface area contributed by atoms with Gasteiger partial charge in [0, 0.05) is 12.6 Å². The molecule has 0 spiro atoms. The number of ether oxygens (including phenoxy) is 2. The summed E-state index contributed by atoms with van der Waals surface area (Å²) in [6.45, 7) is 5.53. The Labute approximate surface area is 181 Å². The number of benzene rings is 1. The van der Waals surface area contributed by atoms with Gasteiger partial charge in [-0.25, -0.2) is 13.2 Å². The van der Waals surface area contributed by atoms with E-state index in [1.54, 1.807) is 32.0 Å². The van der Waals surface area contributed by atoms with E-state index < -0.39 is 28.3 Å². The maximum absolute atomic E-state index is 12.5. The average molecular weight is 451 g/mol. The molecule has 0 unspecified atom stereocenters. The number of aromatic nitrogens is 1. The Bertz CT molecular complexity index is 1040. The maximum atomic E-state index is 12.5. The maximum Gasteiger partial charge on any atom is 0.338 e. The third kappa shape index (κ3) is 5.63. The molecule has 9 nitrogen and oxygen atoms in total. The molecule has 0 aliphatic carbocycles. The lowest BCUT2D eigenvalue weighted by Crippen LogP contribution is -2.43. The first kappa shape index (κ1) is 22.8. The highest BCUT2D eigenvalue weighted by molar-refractivity contribution is 7.91. The summed E-state index contributed by atoms with van der Waals surface area (Å²) in [7, 11) is -3.12. The molecule has 2 aromatic rings. The number of hydrogen-bond acceptors (Lipinski definition) is 8. The van der Waals surface area contributed by atoms with Crippen LogP contribution in [-0.4, -0.2) is 61.1 Å². The quantitative estimate of drug-likeness (QED) is 0.561. The van der Waals surface area contributed by atoms with Crippen molar-refractivity contribution in [2.45, 2.75) is 39.8 Å². The monoisotopic (exact) mass is 450 g/mol. The van der Waals surface area contributed by atoms with Gasteiger partial charge < -0.3 is 18.9 Å². The summed E-state index contributed by atoms with van der Waals surface area (Å²) in [4.78, 5) is 26.4.